The van der Waals surface area contributed by atoms with E-state index in [1.807, 2.05) is 88.3 Å². The van der Waals surface area contributed by atoms with Crippen molar-refractivity contribution in [3.05, 3.63) is 23.9 Å². The fourth-order valence-corrected chi connectivity index (χ4v) is 4.22. The van der Waals surface area contributed by atoms with E-state index >= 15 is 0 Å². The third-order valence-corrected chi connectivity index (χ3v) is 6.30. The summed E-state index contributed by atoms with van der Waals surface area (Å²) in [5.41, 5.74) is 2.29. The highest BCUT2D eigenvalue weighted by atomic mass is 32.2. The fraction of sp³-hybridized carbons (Fsp3) is 0.756. The molecule has 302 valence electrons. The molecule has 0 aliphatic carbocycles. The van der Waals surface area contributed by atoms with Gasteiger partial charge in [-0.2, -0.15) is 0 Å². The quantitative estimate of drug-likeness (QED) is 0.0396. The van der Waals surface area contributed by atoms with Crippen LogP contribution in [0.3, 0.4) is 0 Å². The maximum Gasteiger partial charge on any atom is 0.326 e. The highest BCUT2D eigenvalue weighted by Crippen LogP contribution is 2.13. The van der Waals surface area contributed by atoms with E-state index in [-0.39, 0.29) is 36.6 Å². The Morgan fingerprint density at radius 3 is 1.88 bits per heavy atom. The summed E-state index contributed by atoms with van der Waals surface area (Å²) >= 11 is 1.30. The number of thioether (sulfide) groups is 1. The maximum absolute atomic E-state index is 12.6. The Labute approximate surface area is 320 Å². The molecule has 51 heavy (non-hydrogen) atoms. The van der Waals surface area contributed by atoms with Gasteiger partial charge in [0.15, 0.2) is 5.12 Å². The Hall–Kier alpha value is -2.75. The lowest BCUT2D eigenvalue weighted by Crippen LogP contribution is -2.33. The number of aliphatic imine (C=N–C) groups is 2. The zero-order valence-electron chi connectivity index (χ0n) is 36.0. The van der Waals surface area contributed by atoms with Gasteiger partial charge < -0.3 is 15.4 Å². The molecular formula is C41H82N4O5S. The summed E-state index contributed by atoms with van der Waals surface area (Å²) in [5.74, 6) is -0.336. The number of rotatable bonds is 21. The molecule has 0 radical (unpaired) electrons. The van der Waals surface area contributed by atoms with E-state index in [1.165, 1.54) is 43.9 Å². The van der Waals surface area contributed by atoms with Crippen LogP contribution in [0.15, 0.2) is 33.9 Å². The standard InChI is InChI=1S/C29H48N4O5S.2C3H8.3C2H6/c1-7-9-10-11-12-16-29(37)39-17-14-13-15-25(38-28(36)20-30-21-34)18-27(35)31-19-23(5)33-26(8-2)24(6)32-22(3)4;2*1-3-2;3*1-2/h8,13,15,21-22,25H,7,9-12,14,16-20H2,1-6H3,(H,30,34)(H,31,35);2*3H2,1-2H3;3*1-2H3/b15-13+,26-8-,32-24?,33-23?;;;;;/t25-;;;;;/m1...../s1. The van der Waals surface area contributed by atoms with Gasteiger partial charge in [0.25, 0.3) is 0 Å². The number of hydrogen-bond donors (Lipinski definition) is 2. The van der Waals surface area contributed by atoms with Gasteiger partial charge in [0.1, 0.15) is 12.6 Å². The first kappa shape index (κ1) is 60.3. The van der Waals surface area contributed by atoms with Crippen LogP contribution in [0.2, 0.25) is 0 Å². The van der Waals surface area contributed by atoms with Gasteiger partial charge in [0.2, 0.25) is 12.3 Å². The van der Waals surface area contributed by atoms with Crippen molar-refractivity contribution in [2.24, 2.45) is 9.98 Å². The lowest BCUT2D eigenvalue weighted by Gasteiger charge is -2.15. The lowest BCUT2D eigenvalue weighted by atomic mass is 10.1. The van der Waals surface area contributed by atoms with Crippen LogP contribution < -0.4 is 10.6 Å². The first-order valence-corrected chi connectivity index (χ1v) is 20.6. The van der Waals surface area contributed by atoms with Crippen LogP contribution in [0, 0.1) is 0 Å². The molecule has 0 rings (SSSR count). The average molecular weight is 743 g/mol. The maximum atomic E-state index is 12.6. The Morgan fingerprint density at radius 2 is 1.39 bits per heavy atom. The number of amides is 2. The molecular weight excluding hydrogens is 661 g/mol. The molecule has 0 aromatic carbocycles. The van der Waals surface area contributed by atoms with E-state index in [2.05, 4.69) is 55.2 Å². The van der Waals surface area contributed by atoms with Crippen molar-refractivity contribution < 1.29 is 23.9 Å². The molecule has 0 heterocycles. The summed E-state index contributed by atoms with van der Waals surface area (Å²) in [7, 11) is 0. The molecule has 0 saturated heterocycles. The SMILES string of the molecule is C/C=C(\N=C(C)CNC(=O)C[C@@H](/C=C/CCSC(=O)CCCCCCC)OC(=O)CNC=O)C(C)=NC(C)C.CC.CC.CC.CCC.CCC. The first-order valence-electron chi connectivity index (χ1n) is 19.7. The van der Waals surface area contributed by atoms with Crippen LogP contribution in [-0.4, -0.2) is 65.8 Å². The van der Waals surface area contributed by atoms with Crippen molar-refractivity contribution in [1.82, 2.24) is 10.6 Å². The number of unbranched alkanes of at least 4 members (excludes halogenated alkanes) is 4. The van der Waals surface area contributed by atoms with Crippen molar-refractivity contribution in [2.75, 3.05) is 18.8 Å². The van der Waals surface area contributed by atoms with E-state index in [0.717, 1.165) is 24.3 Å². The molecule has 0 saturated carbocycles. The van der Waals surface area contributed by atoms with Crippen LogP contribution in [0.4, 0.5) is 0 Å². The van der Waals surface area contributed by atoms with Crippen molar-refractivity contribution in [1.29, 1.82) is 0 Å². The van der Waals surface area contributed by atoms with E-state index in [0.29, 0.717) is 30.7 Å². The van der Waals surface area contributed by atoms with E-state index < -0.39 is 12.1 Å². The van der Waals surface area contributed by atoms with Crippen molar-refractivity contribution >= 4 is 46.6 Å². The number of nitrogens with one attached hydrogen (secondary N) is 2. The molecule has 0 aromatic rings. The molecule has 0 aromatic heterocycles. The number of hydrogen-bond acceptors (Lipinski definition) is 8. The predicted molar refractivity (Wildman–Crippen MR) is 227 cm³/mol. The van der Waals surface area contributed by atoms with Crippen LogP contribution in [0.5, 0.6) is 0 Å². The lowest BCUT2D eigenvalue weighted by molar-refractivity contribution is -0.147. The molecule has 2 N–H and O–H groups in total. The molecule has 0 bridgehead atoms. The van der Waals surface area contributed by atoms with Gasteiger partial charge in [-0.05, 0) is 53.5 Å². The summed E-state index contributed by atoms with van der Waals surface area (Å²) in [5, 5.41) is 5.25. The van der Waals surface area contributed by atoms with E-state index in [4.69, 9.17) is 4.74 Å². The number of carbonyl (C=O) groups is 4. The van der Waals surface area contributed by atoms with Gasteiger partial charge in [0, 0.05) is 23.9 Å². The predicted octanol–water partition coefficient (Wildman–Crippen LogP) is 10.9. The third kappa shape index (κ3) is 51.7. The van der Waals surface area contributed by atoms with Crippen LogP contribution >= 0.6 is 11.8 Å². The van der Waals surface area contributed by atoms with Gasteiger partial charge in [-0.1, -0.05) is 139 Å². The smallest absolute Gasteiger partial charge is 0.326 e. The third-order valence-electron chi connectivity index (χ3n) is 5.33. The molecule has 0 fully saturated rings. The number of ether oxygens (including phenoxy) is 1. The number of carbonyl (C=O) groups excluding carboxylic acids is 4. The molecule has 0 aliphatic rings. The second-order valence-corrected chi connectivity index (χ2v) is 12.0. The second-order valence-electron chi connectivity index (χ2n) is 10.9. The molecule has 9 nitrogen and oxygen atoms in total. The van der Waals surface area contributed by atoms with E-state index in [9.17, 15) is 19.2 Å². The molecule has 10 heteroatoms. The summed E-state index contributed by atoms with van der Waals surface area (Å²) < 4.78 is 5.36. The minimum atomic E-state index is -0.797. The summed E-state index contributed by atoms with van der Waals surface area (Å²) in [6.45, 7) is 32.2. The average Bonchev–Trinajstić information content (AvgIpc) is 3.11. The molecule has 1 atom stereocenters. The number of allylic oxidation sites excluding steroid dienone is 3. The fourth-order valence-electron chi connectivity index (χ4n) is 3.45. The van der Waals surface area contributed by atoms with Gasteiger partial charge >= 0.3 is 5.97 Å². The van der Waals surface area contributed by atoms with Crippen molar-refractivity contribution in [2.45, 2.75) is 187 Å². The van der Waals surface area contributed by atoms with Gasteiger partial charge in [-0.15, -0.1) is 0 Å². The van der Waals surface area contributed by atoms with Crippen LogP contribution in [-0.2, 0) is 23.9 Å². The second kappa shape index (κ2) is 51.6. The molecule has 2 amide bonds. The van der Waals surface area contributed by atoms with Gasteiger partial charge in [0.05, 0.1) is 24.4 Å². The summed E-state index contributed by atoms with van der Waals surface area (Å²) in [4.78, 5) is 56.2. The molecule has 0 unspecified atom stereocenters. The highest BCUT2D eigenvalue weighted by Gasteiger charge is 2.16. The van der Waals surface area contributed by atoms with Crippen LogP contribution in [0.1, 0.15) is 175 Å². The number of esters is 1. The monoisotopic (exact) mass is 743 g/mol. The normalized spacial score (nSPS) is 11.4. The van der Waals surface area contributed by atoms with Crippen LogP contribution in [0.25, 0.3) is 0 Å². The largest absolute Gasteiger partial charge is 0.456 e. The Balaban J connectivity index is -0.000000373. The Morgan fingerprint density at radius 1 is 0.843 bits per heavy atom. The first-order chi connectivity index (χ1) is 24.4. The number of nitrogens with zero attached hydrogens (tertiary/aromatic N) is 2. The minimum Gasteiger partial charge on any atom is -0.456 e. The van der Waals surface area contributed by atoms with Gasteiger partial charge in [-0.25, -0.2) is 0 Å². The topological polar surface area (TPSA) is 126 Å². The van der Waals surface area contributed by atoms with Crippen molar-refractivity contribution in [3.8, 4) is 0 Å². The zero-order valence-corrected chi connectivity index (χ0v) is 36.8. The summed E-state index contributed by atoms with van der Waals surface area (Å²) in [6, 6.07) is 0.156. The summed E-state index contributed by atoms with van der Waals surface area (Å²) in [6.07, 6.45) is 14.1. The van der Waals surface area contributed by atoms with Crippen molar-refractivity contribution in [3.63, 3.8) is 0 Å². The Kier molecular flexibility index (Phi) is 61.1. The van der Waals surface area contributed by atoms with E-state index in [1.54, 1.807) is 6.08 Å². The van der Waals surface area contributed by atoms with Gasteiger partial charge in [-0.3, -0.25) is 29.2 Å². The highest BCUT2D eigenvalue weighted by molar-refractivity contribution is 8.13. The zero-order chi connectivity index (χ0) is 40.9. The Bertz CT molecular complexity index is 914. The molecule has 0 spiro atoms. The minimum absolute atomic E-state index is 0.0786. The molecule has 0 aliphatic heterocycles.